The Kier molecular flexibility index (Phi) is 6.18. The van der Waals surface area contributed by atoms with E-state index in [0.717, 1.165) is 24.0 Å². The number of Topliss-reactive ketones (excluding diaryl/α,β-unsaturated/α-hetero) is 2. The molecule has 0 radical (unpaired) electrons. The highest BCUT2D eigenvalue weighted by Gasteiger charge is 2.64. The molecular weight excluding hydrogens is 516 g/mol. The highest BCUT2D eigenvalue weighted by Crippen LogP contribution is 2.56. The zero-order valence-corrected chi connectivity index (χ0v) is 22.7. The fourth-order valence-electron chi connectivity index (χ4n) is 7.89. The normalized spacial score (nSPS) is 32.3. The number of aliphatic hydroxyl groups is 3. The van der Waals surface area contributed by atoms with Crippen LogP contribution < -0.4 is 11.1 Å². The van der Waals surface area contributed by atoms with Gasteiger partial charge >= 0.3 is 0 Å². The molecule has 1 aromatic carbocycles. The van der Waals surface area contributed by atoms with Crippen LogP contribution in [0.1, 0.15) is 68.6 Å². The summed E-state index contributed by atoms with van der Waals surface area (Å²) in [6.07, 6.45) is 3.48. The van der Waals surface area contributed by atoms with Crippen LogP contribution in [0.4, 0.5) is 0 Å². The number of fused-ring (bicyclic) bond motifs is 3. The molecule has 3 fully saturated rings. The van der Waals surface area contributed by atoms with Gasteiger partial charge in [0.25, 0.3) is 5.91 Å². The largest absolute Gasteiger partial charge is 0.508 e. The van der Waals surface area contributed by atoms with Crippen LogP contribution in [0.3, 0.4) is 0 Å². The van der Waals surface area contributed by atoms with E-state index in [9.17, 15) is 34.8 Å². The maximum atomic E-state index is 14.1. The van der Waals surface area contributed by atoms with Crippen LogP contribution in [0.2, 0.25) is 0 Å². The lowest BCUT2D eigenvalue weighted by molar-refractivity contribution is -0.150. The Bertz CT molecular complexity index is 1380. The topological polar surface area (TPSA) is 179 Å². The molecule has 1 saturated heterocycles. The van der Waals surface area contributed by atoms with Gasteiger partial charge in [0.2, 0.25) is 5.78 Å². The van der Waals surface area contributed by atoms with Crippen LogP contribution in [0, 0.1) is 17.3 Å². The standard InChI is InChI=1S/C30H36N2O8/c1-29(2)11-14(12-29)16-3-4-19(33)21-17(16)9-13-10-18-23(32-15-5-7-40-8-6-15)25(35)22(28(31)38)27(37)30(18,39)26(36)20(13)24(21)34/h3-4,13-15,18,23,32-34,37,39H,5-12H2,1-2H3,(H2,31,38)/t13-,18-,23+,30-/m0/s1. The molecule has 2 saturated carbocycles. The maximum absolute atomic E-state index is 14.1. The Morgan fingerprint density at radius 2 is 1.75 bits per heavy atom. The molecule has 1 amide bonds. The van der Waals surface area contributed by atoms with Crippen molar-refractivity contribution in [3.05, 3.63) is 45.7 Å². The third-order valence-corrected chi connectivity index (χ3v) is 9.79. The molecule has 10 nitrogen and oxygen atoms in total. The van der Waals surface area contributed by atoms with Gasteiger partial charge in [-0.05, 0) is 73.0 Å². The van der Waals surface area contributed by atoms with Gasteiger partial charge in [0, 0.05) is 30.7 Å². The Labute approximate surface area is 231 Å². The summed E-state index contributed by atoms with van der Waals surface area (Å²) < 4.78 is 5.41. The highest BCUT2D eigenvalue weighted by atomic mass is 16.5. The Hall–Kier alpha value is -3.21. The first-order valence-corrected chi connectivity index (χ1v) is 14.0. The third-order valence-electron chi connectivity index (χ3n) is 9.79. The molecule has 1 aliphatic heterocycles. The number of ether oxygens (including phenoxy) is 1. The molecule has 4 atom stereocenters. The second-order valence-corrected chi connectivity index (χ2v) is 12.9. The smallest absolute Gasteiger partial charge is 0.255 e. The summed E-state index contributed by atoms with van der Waals surface area (Å²) in [5, 5.41) is 48.4. The molecule has 0 unspecified atom stereocenters. The van der Waals surface area contributed by atoms with Crippen LogP contribution in [0.15, 0.2) is 29.0 Å². The molecule has 0 bridgehead atoms. The molecule has 6 rings (SSSR count). The fourth-order valence-corrected chi connectivity index (χ4v) is 7.89. The zero-order valence-electron chi connectivity index (χ0n) is 22.7. The van der Waals surface area contributed by atoms with Crippen LogP contribution >= 0.6 is 0 Å². The number of hydrogen-bond donors (Lipinski definition) is 6. The molecule has 0 spiro atoms. The van der Waals surface area contributed by atoms with Gasteiger partial charge < -0.3 is 36.2 Å². The van der Waals surface area contributed by atoms with Gasteiger partial charge in [-0.2, -0.15) is 0 Å². The Morgan fingerprint density at radius 3 is 2.38 bits per heavy atom. The minimum atomic E-state index is -2.65. The molecule has 214 valence electrons. The van der Waals surface area contributed by atoms with E-state index in [1.54, 1.807) is 0 Å². The number of aliphatic hydroxyl groups excluding tert-OH is 2. The second-order valence-electron chi connectivity index (χ2n) is 12.9. The van der Waals surface area contributed by atoms with Crippen molar-refractivity contribution in [2.75, 3.05) is 13.2 Å². The Morgan fingerprint density at radius 1 is 1.07 bits per heavy atom. The van der Waals surface area contributed by atoms with Gasteiger partial charge in [0.15, 0.2) is 11.4 Å². The quantitative estimate of drug-likeness (QED) is 0.305. The van der Waals surface area contributed by atoms with E-state index in [1.807, 2.05) is 6.07 Å². The van der Waals surface area contributed by atoms with Crippen molar-refractivity contribution in [1.29, 1.82) is 0 Å². The van der Waals surface area contributed by atoms with E-state index in [-0.39, 0.29) is 40.7 Å². The minimum absolute atomic E-state index is 0.0784. The van der Waals surface area contributed by atoms with E-state index in [1.165, 1.54) is 6.07 Å². The number of aromatic hydroxyl groups is 1. The number of hydrogen-bond acceptors (Lipinski definition) is 9. The van der Waals surface area contributed by atoms with Gasteiger partial charge in [-0.1, -0.05) is 19.9 Å². The Balaban J connectivity index is 1.47. The average molecular weight is 553 g/mol. The average Bonchev–Trinajstić information content (AvgIpc) is 2.87. The summed E-state index contributed by atoms with van der Waals surface area (Å²) in [5.74, 6) is -6.14. The molecule has 4 aliphatic carbocycles. The number of ketones is 2. The lowest BCUT2D eigenvalue weighted by Gasteiger charge is -2.50. The fraction of sp³-hybridized carbons (Fsp3) is 0.567. The first kappa shape index (κ1) is 27.0. The maximum Gasteiger partial charge on any atom is 0.255 e. The van der Waals surface area contributed by atoms with Gasteiger partial charge in [-0.25, -0.2) is 0 Å². The molecule has 10 heteroatoms. The first-order chi connectivity index (χ1) is 18.8. The van der Waals surface area contributed by atoms with Crippen molar-refractivity contribution in [2.45, 2.75) is 76.0 Å². The first-order valence-electron chi connectivity index (χ1n) is 14.0. The van der Waals surface area contributed by atoms with E-state index in [2.05, 4.69) is 19.2 Å². The number of nitrogens with two attached hydrogens (primary N) is 1. The van der Waals surface area contributed by atoms with E-state index >= 15 is 0 Å². The SMILES string of the molecule is CC1(C)CC(c2ccc(O)c3c2C[C@H]2C[C@H]4[C@@H](NC5CCOCC5)C(=O)C(C(N)=O)=C(O)[C@@]4(O)C(=O)C2=C3O)C1. The van der Waals surface area contributed by atoms with Gasteiger partial charge in [0.05, 0.1) is 11.6 Å². The highest BCUT2D eigenvalue weighted by molar-refractivity contribution is 6.24. The molecule has 40 heavy (non-hydrogen) atoms. The summed E-state index contributed by atoms with van der Waals surface area (Å²) in [7, 11) is 0. The van der Waals surface area contributed by atoms with Crippen molar-refractivity contribution in [3.8, 4) is 5.75 Å². The summed E-state index contributed by atoms with van der Waals surface area (Å²) >= 11 is 0. The van der Waals surface area contributed by atoms with Crippen LogP contribution in [-0.4, -0.2) is 68.8 Å². The summed E-state index contributed by atoms with van der Waals surface area (Å²) in [6.45, 7) is 5.33. The molecule has 1 heterocycles. The van der Waals surface area contributed by atoms with Crippen molar-refractivity contribution in [3.63, 3.8) is 0 Å². The predicted molar refractivity (Wildman–Crippen MR) is 143 cm³/mol. The molecule has 5 aliphatic rings. The summed E-state index contributed by atoms with van der Waals surface area (Å²) in [5.41, 5.74) is 3.99. The van der Waals surface area contributed by atoms with E-state index < -0.39 is 58.0 Å². The number of carbonyl (C=O) groups is 3. The zero-order chi connectivity index (χ0) is 28.7. The van der Waals surface area contributed by atoms with Gasteiger partial charge in [-0.15, -0.1) is 0 Å². The van der Waals surface area contributed by atoms with Crippen LogP contribution in [-0.2, 0) is 25.5 Å². The monoisotopic (exact) mass is 552 g/mol. The van der Waals surface area contributed by atoms with Crippen LogP contribution in [0.25, 0.3) is 5.76 Å². The number of nitrogens with one attached hydrogen (secondary N) is 1. The number of phenols is 1. The van der Waals surface area contributed by atoms with Crippen LogP contribution in [0.5, 0.6) is 5.75 Å². The van der Waals surface area contributed by atoms with E-state index in [0.29, 0.717) is 32.5 Å². The lowest BCUT2D eigenvalue weighted by Crippen LogP contribution is -2.67. The second kappa shape index (κ2) is 9.15. The number of benzene rings is 1. The number of carbonyl (C=O) groups excluding carboxylic acids is 3. The van der Waals surface area contributed by atoms with Gasteiger partial charge in [-0.3, -0.25) is 14.4 Å². The third kappa shape index (κ3) is 3.83. The summed E-state index contributed by atoms with van der Waals surface area (Å²) in [4.78, 5) is 39.9. The van der Waals surface area contributed by atoms with Crippen molar-refractivity contribution >= 4 is 23.2 Å². The molecule has 0 aromatic heterocycles. The molecule has 1 aromatic rings. The predicted octanol–water partition coefficient (Wildman–Crippen LogP) is 2.07. The van der Waals surface area contributed by atoms with Gasteiger partial charge in [0.1, 0.15) is 22.8 Å². The molecule has 7 N–H and O–H groups in total. The number of phenolic OH excluding ortho intramolecular Hbond substituents is 1. The number of rotatable bonds is 4. The lowest BCUT2D eigenvalue weighted by atomic mass is 9.56. The summed E-state index contributed by atoms with van der Waals surface area (Å²) in [6, 6.07) is 2.06. The molecular formula is C30H36N2O8. The number of amides is 1. The van der Waals surface area contributed by atoms with E-state index in [4.69, 9.17) is 10.5 Å². The number of primary amides is 1. The minimum Gasteiger partial charge on any atom is -0.508 e. The van der Waals surface area contributed by atoms with Crippen molar-refractivity contribution in [1.82, 2.24) is 5.32 Å². The van der Waals surface area contributed by atoms with Crippen molar-refractivity contribution < 1.29 is 39.5 Å². The van der Waals surface area contributed by atoms with Crippen molar-refractivity contribution in [2.24, 2.45) is 23.0 Å².